The number of halogens is 3. The third-order valence-electron chi connectivity index (χ3n) is 3.27. The standard InChI is InChI=1S/C16H10Cl3NO2/c17-11-4-1-9(2-5-11)15(12(8-20)16(21)22)10-3-6-13(18)14(19)7-10/h1-7,12,15H,(H,21,22). The van der Waals surface area contributed by atoms with Crippen LogP contribution in [0.1, 0.15) is 17.0 Å². The minimum absolute atomic E-state index is 0.306. The zero-order valence-electron chi connectivity index (χ0n) is 11.1. The molecule has 0 aliphatic heterocycles. The number of aliphatic carboxylic acids is 1. The first kappa shape index (κ1) is 16.6. The molecule has 112 valence electrons. The highest BCUT2D eigenvalue weighted by molar-refractivity contribution is 6.42. The van der Waals surface area contributed by atoms with Crippen LogP contribution < -0.4 is 0 Å². The zero-order valence-corrected chi connectivity index (χ0v) is 13.4. The van der Waals surface area contributed by atoms with Crippen LogP contribution in [0, 0.1) is 17.2 Å². The molecule has 3 nitrogen and oxygen atoms in total. The molecule has 0 fully saturated rings. The minimum atomic E-state index is -1.25. The van der Waals surface area contributed by atoms with Gasteiger partial charge in [-0.1, -0.05) is 53.0 Å². The normalized spacial score (nSPS) is 13.2. The predicted molar refractivity (Wildman–Crippen MR) is 86.5 cm³/mol. The van der Waals surface area contributed by atoms with Gasteiger partial charge in [0.05, 0.1) is 16.1 Å². The maximum atomic E-state index is 11.4. The summed E-state index contributed by atoms with van der Waals surface area (Å²) in [5.41, 5.74) is 1.27. The summed E-state index contributed by atoms with van der Waals surface area (Å²) in [5, 5.41) is 19.8. The number of rotatable bonds is 4. The number of nitriles is 1. The molecule has 2 aromatic rings. The molecule has 0 aromatic heterocycles. The zero-order chi connectivity index (χ0) is 16.3. The molecule has 0 aliphatic rings. The number of benzene rings is 2. The second kappa shape index (κ2) is 7.02. The summed E-state index contributed by atoms with van der Waals surface area (Å²) in [6.07, 6.45) is 0. The van der Waals surface area contributed by atoms with Crippen molar-refractivity contribution in [3.63, 3.8) is 0 Å². The summed E-state index contributed by atoms with van der Waals surface area (Å²) in [6, 6.07) is 13.4. The van der Waals surface area contributed by atoms with Crippen LogP contribution in [0.3, 0.4) is 0 Å². The number of hydrogen-bond donors (Lipinski definition) is 1. The van der Waals surface area contributed by atoms with Gasteiger partial charge in [0.2, 0.25) is 0 Å². The maximum absolute atomic E-state index is 11.4. The highest BCUT2D eigenvalue weighted by atomic mass is 35.5. The molecule has 6 heteroatoms. The van der Waals surface area contributed by atoms with E-state index in [1.807, 2.05) is 6.07 Å². The molecule has 0 saturated carbocycles. The molecule has 0 spiro atoms. The SMILES string of the molecule is N#CC(C(=O)O)C(c1ccc(Cl)cc1)c1ccc(Cl)c(Cl)c1. The summed E-state index contributed by atoms with van der Waals surface area (Å²) < 4.78 is 0. The van der Waals surface area contributed by atoms with Gasteiger partial charge in [0.1, 0.15) is 0 Å². The highest BCUT2D eigenvalue weighted by Gasteiger charge is 2.31. The Morgan fingerprint density at radius 3 is 2.09 bits per heavy atom. The van der Waals surface area contributed by atoms with E-state index < -0.39 is 17.8 Å². The topological polar surface area (TPSA) is 61.1 Å². The Hall–Kier alpha value is -1.73. The van der Waals surface area contributed by atoms with Crippen LogP contribution in [-0.2, 0) is 4.79 Å². The molecule has 1 N–H and O–H groups in total. The van der Waals surface area contributed by atoms with Gasteiger partial charge in [0.15, 0.2) is 5.92 Å². The second-order valence-corrected chi connectivity index (χ2v) is 5.90. The average molecular weight is 355 g/mol. The summed E-state index contributed by atoms with van der Waals surface area (Å²) in [6.45, 7) is 0. The van der Waals surface area contributed by atoms with Crippen LogP contribution in [0.4, 0.5) is 0 Å². The van der Waals surface area contributed by atoms with Crippen molar-refractivity contribution in [3.05, 3.63) is 68.7 Å². The lowest BCUT2D eigenvalue weighted by Crippen LogP contribution is -2.21. The van der Waals surface area contributed by atoms with E-state index in [0.29, 0.717) is 26.2 Å². The first-order chi connectivity index (χ1) is 10.4. The van der Waals surface area contributed by atoms with Gasteiger partial charge in [0.25, 0.3) is 0 Å². The molecule has 0 bridgehead atoms. The third kappa shape index (κ3) is 3.53. The molecule has 2 unspecified atom stereocenters. The van der Waals surface area contributed by atoms with Gasteiger partial charge in [-0.05, 0) is 35.4 Å². The van der Waals surface area contributed by atoms with E-state index in [1.54, 1.807) is 42.5 Å². The Bertz CT molecular complexity index is 738. The van der Waals surface area contributed by atoms with E-state index in [-0.39, 0.29) is 0 Å². The highest BCUT2D eigenvalue weighted by Crippen LogP contribution is 2.35. The van der Waals surface area contributed by atoms with E-state index in [9.17, 15) is 15.2 Å². The summed E-state index contributed by atoms with van der Waals surface area (Å²) >= 11 is 17.8. The largest absolute Gasteiger partial charge is 0.480 e. The van der Waals surface area contributed by atoms with Gasteiger partial charge in [-0.3, -0.25) is 4.79 Å². The van der Waals surface area contributed by atoms with Crippen LogP contribution in [0.25, 0.3) is 0 Å². The quantitative estimate of drug-likeness (QED) is 0.840. The fourth-order valence-electron chi connectivity index (χ4n) is 2.23. The lowest BCUT2D eigenvalue weighted by molar-refractivity contribution is -0.140. The molecule has 22 heavy (non-hydrogen) atoms. The van der Waals surface area contributed by atoms with E-state index in [4.69, 9.17) is 34.8 Å². The molecule has 0 aliphatic carbocycles. The predicted octanol–water partition coefficient (Wildman–Crippen LogP) is 5.00. The number of carboxylic acids is 1. The van der Waals surface area contributed by atoms with Gasteiger partial charge in [-0.25, -0.2) is 0 Å². The van der Waals surface area contributed by atoms with Crippen molar-refractivity contribution in [1.29, 1.82) is 5.26 Å². The monoisotopic (exact) mass is 353 g/mol. The third-order valence-corrected chi connectivity index (χ3v) is 4.26. The minimum Gasteiger partial charge on any atom is -0.480 e. The lowest BCUT2D eigenvalue weighted by Gasteiger charge is -2.21. The number of carboxylic acid groups (broad SMARTS) is 1. The maximum Gasteiger partial charge on any atom is 0.321 e. The number of nitrogens with zero attached hydrogens (tertiary/aromatic N) is 1. The van der Waals surface area contributed by atoms with Crippen molar-refractivity contribution < 1.29 is 9.90 Å². The van der Waals surface area contributed by atoms with Crippen molar-refractivity contribution in [2.45, 2.75) is 5.92 Å². The smallest absolute Gasteiger partial charge is 0.321 e. The van der Waals surface area contributed by atoms with Crippen molar-refractivity contribution in [1.82, 2.24) is 0 Å². The molecule has 0 amide bonds. The van der Waals surface area contributed by atoms with Crippen molar-refractivity contribution in [2.75, 3.05) is 0 Å². The fourth-order valence-corrected chi connectivity index (χ4v) is 2.66. The van der Waals surface area contributed by atoms with Gasteiger partial charge in [-0.15, -0.1) is 0 Å². The molecule has 0 heterocycles. The molecule has 2 atom stereocenters. The van der Waals surface area contributed by atoms with E-state index in [1.165, 1.54) is 0 Å². The Labute approximate surface area is 142 Å². The Balaban J connectivity index is 2.59. The van der Waals surface area contributed by atoms with Gasteiger partial charge >= 0.3 is 5.97 Å². The van der Waals surface area contributed by atoms with Crippen molar-refractivity contribution >= 4 is 40.8 Å². The van der Waals surface area contributed by atoms with Gasteiger partial charge in [0, 0.05) is 10.9 Å². The van der Waals surface area contributed by atoms with Crippen LogP contribution >= 0.6 is 34.8 Å². The van der Waals surface area contributed by atoms with Crippen LogP contribution in [-0.4, -0.2) is 11.1 Å². The molecule has 2 aromatic carbocycles. The van der Waals surface area contributed by atoms with E-state index >= 15 is 0 Å². The second-order valence-electron chi connectivity index (χ2n) is 4.65. The summed E-state index contributed by atoms with van der Waals surface area (Å²) in [5.74, 6) is -3.12. The molecule has 2 rings (SSSR count). The van der Waals surface area contributed by atoms with E-state index in [0.717, 1.165) is 0 Å². The first-order valence-electron chi connectivity index (χ1n) is 6.27. The van der Waals surface area contributed by atoms with E-state index in [2.05, 4.69) is 0 Å². The van der Waals surface area contributed by atoms with Crippen molar-refractivity contribution in [2.24, 2.45) is 5.92 Å². The summed E-state index contributed by atoms with van der Waals surface area (Å²) in [7, 11) is 0. The molecular formula is C16H10Cl3NO2. The number of hydrogen-bond acceptors (Lipinski definition) is 2. The van der Waals surface area contributed by atoms with Crippen molar-refractivity contribution in [3.8, 4) is 6.07 Å². The Morgan fingerprint density at radius 2 is 1.59 bits per heavy atom. The molecule has 0 saturated heterocycles. The Morgan fingerprint density at radius 1 is 1.00 bits per heavy atom. The van der Waals surface area contributed by atoms with Crippen LogP contribution in [0.5, 0.6) is 0 Å². The van der Waals surface area contributed by atoms with Gasteiger partial charge < -0.3 is 5.11 Å². The molecule has 0 radical (unpaired) electrons. The van der Waals surface area contributed by atoms with Crippen LogP contribution in [0.15, 0.2) is 42.5 Å². The number of carbonyl (C=O) groups is 1. The average Bonchev–Trinajstić information content (AvgIpc) is 2.48. The first-order valence-corrected chi connectivity index (χ1v) is 7.40. The molecular weight excluding hydrogens is 345 g/mol. The van der Waals surface area contributed by atoms with Crippen LogP contribution in [0.2, 0.25) is 15.1 Å². The lowest BCUT2D eigenvalue weighted by atomic mass is 9.81. The Kier molecular flexibility index (Phi) is 5.31. The van der Waals surface area contributed by atoms with Gasteiger partial charge in [-0.2, -0.15) is 5.26 Å². The fraction of sp³-hybridized carbons (Fsp3) is 0.125. The summed E-state index contributed by atoms with van der Waals surface area (Å²) in [4.78, 5) is 11.4.